The van der Waals surface area contributed by atoms with Gasteiger partial charge in [-0.2, -0.15) is 0 Å². The third-order valence-corrected chi connectivity index (χ3v) is 2.91. The largest absolute Gasteiger partial charge is 0.469 e. The monoisotopic (exact) mass is 228 g/mol. The zero-order valence-electron chi connectivity index (χ0n) is 9.24. The maximum absolute atomic E-state index is 11.0. The molecule has 0 amide bonds. The van der Waals surface area contributed by atoms with E-state index in [9.17, 15) is 4.79 Å². The van der Waals surface area contributed by atoms with Crippen molar-refractivity contribution >= 4 is 17.3 Å². The average Bonchev–Trinajstić information content (AvgIpc) is 2.61. The van der Waals surface area contributed by atoms with Gasteiger partial charge in [0.15, 0.2) is 0 Å². The number of esters is 1. The fourth-order valence-corrected chi connectivity index (χ4v) is 1.91. The number of nitrogens with one attached hydrogen (secondary N) is 1. The standard InChI is InChI=1S/C10H16N2O2S/c1-7(4-10(13)14-3)11-5-9-6-12-8(2)15-9/h6-7,11H,4-5H2,1-3H3. The number of hydrogen-bond acceptors (Lipinski definition) is 5. The summed E-state index contributed by atoms with van der Waals surface area (Å²) in [6.07, 6.45) is 2.26. The molecule has 1 N–H and O–H groups in total. The van der Waals surface area contributed by atoms with E-state index >= 15 is 0 Å². The van der Waals surface area contributed by atoms with E-state index < -0.39 is 0 Å². The molecule has 0 aliphatic heterocycles. The highest BCUT2D eigenvalue weighted by Gasteiger charge is 2.08. The Labute approximate surface area is 93.7 Å². The fraction of sp³-hybridized carbons (Fsp3) is 0.600. The number of thiazole rings is 1. The number of aryl methyl sites for hydroxylation is 1. The normalized spacial score (nSPS) is 12.5. The zero-order valence-corrected chi connectivity index (χ0v) is 10.1. The number of nitrogens with zero attached hydrogens (tertiary/aromatic N) is 1. The predicted molar refractivity (Wildman–Crippen MR) is 59.8 cm³/mol. The van der Waals surface area contributed by atoms with Crippen LogP contribution in [-0.2, 0) is 16.1 Å². The summed E-state index contributed by atoms with van der Waals surface area (Å²) in [5.41, 5.74) is 0. The first kappa shape index (κ1) is 12.1. The first-order chi connectivity index (χ1) is 7.11. The van der Waals surface area contributed by atoms with Gasteiger partial charge in [0.05, 0.1) is 18.5 Å². The van der Waals surface area contributed by atoms with Gasteiger partial charge < -0.3 is 10.1 Å². The molecule has 0 aromatic carbocycles. The van der Waals surface area contributed by atoms with Crippen molar-refractivity contribution in [2.24, 2.45) is 0 Å². The molecule has 1 aromatic rings. The summed E-state index contributed by atoms with van der Waals surface area (Å²) in [6, 6.07) is 0.125. The summed E-state index contributed by atoms with van der Waals surface area (Å²) >= 11 is 1.66. The number of hydrogen-bond donors (Lipinski definition) is 1. The Balaban J connectivity index is 2.28. The Hall–Kier alpha value is -0.940. The summed E-state index contributed by atoms with van der Waals surface area (Å²) < 4.78 is 4.59. The smallest absolute Gasteiger partial charge is 0.307 e. The van der Waals surface area contributed by atoms with E-state index in [1.54, 1.807) is 11.3 Å². The number of ether oxygens (including phenoxy) is 1. The number of rotatable bonds is 5. The maximum Gasteiger partial charge on any atom is 0.307 e. The summed E-state index contributed by atoms with van der Waals surface area (Å²) in [5.74, 6) is -0.185. The molecule has 0 saturated heterocycles. The van der Waals surface area contributed by atoms with Gasteiger partial charge in [-0.25, -0.2) is 4.98 Å². The van der Waals surface area contributed by atoms with Crippen molar-refractivity contribution in [3.8, 4) is 0 Å². The molecular formula is C10H16N2O2S. The highest BCUT2D eigenvalue weighted by Crippen LogP contribution is 2.11. The molecule has 0 radical (unpaired) electrons. The highest BCUT2D eigenvalue weighted by molar-refractivity contribution is 7.11. The number of carbonyl (C=O) groups is 1. The lowest BCUT2D eigenvalue weighted by atomic mass is 10.2. The lowest BCUT2D eigenvalue weighted by molar-refractivity contribution is -0.141. The minimum atomic E-state index is -0.185. The van der Waals surface area contributed by atoms with Gasteiger partial charge in [-0.05, 0) is 13.8 Å². The van der Waals surface area contributed by atoms with Crippen molar-refractivity contribution in [2.45, 2.75) is 32.9 Å². The van der Waals surface area contributed by atoms with Gasteiger partial charge in [0, 0.05) is 23.7 Å². The second-order valence-electron chi connectivity index (χ2n) is 3.41. The molecule has 15 heavy (non-hydrogen) atoms. The number of methoxy groups -OCH3 is 1. The first-order valence-electron chi connectivity index (χ1n) is 4.83. The van der Waals surface area contributed by atoms with E-state index in [-0.39, 0.29) is 12.0 Å². The van der Waals surface area contributed by atoms with Crippen LogP contribution in [0.2, 0.25) is 0 Å². The van der Waals surface area contributed by atoms with E-state index in [1.807, 2.05) is 20.0 Å². The van der Waals surface area contributed by atoms with Crippen molar-refractivity contribution in [1.29, 1.82) is 0 Å². The third-order valence-electron chi connectivity index (χ3n) is 1.99. The van der Waals surface area contributed by atoms with E-state index in [0.717, 1.165) is 11.6 Å². The predicted octanol–water partition coefficient (Wildman–Crippen LogP) is 1.49. The lowest BCUT2D eigenvalue weighted by Crippen LogP contribution is -2.28. The molecule has 0 saturated carbocycles. The molecular weight excluding hydrogens is 212 g/mol. The van der Waals surface area contributed by atoms with Crippen LogP contribution in [0.5, 0.6) is 0 Å². The van der Waals surface area contributed by atoms with Crippen LogP contribution in [0.15, 0.2) is 6.20 Å². The van der Waals surface area contributed by atoms with Crippen molar-refractivity contribution in [2.75, 3.05) is 7.11 Å². The Morgan fingerprint density at radius 2 is 2.47 bits per heavy atom. The van der Waals surface area contributed by atoms with Crippen LogP contribution in [-0.4, -0.2) is 24.1 Å². The van der Waals surface area contributed by atoms with Crippen molar-refractivity contribution < 1.29 is 9.53 Å². The van der Waals surface area contributed by atoms with Gasteiger partial charge in [-0.15, -0.1) is 11.3 Å². The number of carbonyl (C=O) groups excluding carboxylic acids is 1. The Kier molecular flexibility index (Phi) is 4.71. The maximum atomic E-state index is 11.0. The topological polar surface area (TPSA) is 51.2 Å². The molecule has 1 rings (SSSR count). The Morgan fingerprint density at radius 3 is 3.00 bits per heavy atom. The first-order valence-corrected chi connectivity index (χ1v) is 5.65. The van der Waals surface area contributed by atoms with Crippen LogP contribution in [0.3, 0.4) is 0 Å². The zero-order chi connectivity index (χ0) is 11.3. The molecule has 1 aromatic heterocycles. The van der Waals surface area contributed by atoms with E-state index in [0.29, 0.717) is 6.42 Å². The van der Waals surface area contributed by atoms with Crippen molar-refractivity contribution in [3.05, 3.63) is 16.1 Å². The van der Waals surface area contributed by atoms with Crippen molar-refractivity contribution in [3.63, 3.8) is 0 Å². The second-order valence-corrected chi connectivity index (χ2v) is 4.73. The second kappa shape index (κ2) is 5.82. The van der Waals surface area contributed by atoms with Crippen LogP contribution in [0.1, 0.15) is 23.2 Å². The summed E-state index contributed by atoms with van der Waals surface area (Å²) in [5, 5.41) is 4.31. The summed E-state index contributed by atoms with van der Waals surface area (Å²) in [4.78, 5) is 16.3. The molecule has 5 heteroatoms. The van der Waals surface area contributed by atoms with Gasteiger partial charge >= 0.3 is 5.97 Å². The molecule has 0 aliphatic rings. The molecule has 0 bridgehead atoms. The lowest BCUT2D eigenvalue weighted by Gasteiger charge is -2.10. The molecule has 0 spiro atoms. The molecule has 1 unspecified atom stereocenters. The summed E-state index contributed by atoms with van der Waals surface area (Å²) in [6.45, 7) is 4.69. The van der Waals surface area contributed by atoms with Crippen LogP contribution in [0.4, 0.5) is 0 Å². The van der Waals surface area contributed by atoms with Crippen molar-refractivity contribution in [1.82, 2.24) is 10.3 Å². The van der Waals surface area contributed by atoms with E-state index in [1.165, 1.54) is 12.0 Å². The fourth-order valence-electron chi connectivity index (χ4n) is 1.17. The van der Waals surface area contributed by atoms with Crippen LogP contribution < -0.4 is 5.32 Å². The van der Waals surface area contributed by atoms with Gasteiger partial charge in [0.1, 0.15) is 0 Å². The quantitative estimate of drug-likeness (QED) is 0.776. The Bertz CT molecular complexity index is 325. The van der Waals surface area contributed by atoms with Gasteiger partial charge in [0.2, 0.25) is 0 Å². The summed E-state index contributed by atoms with van der Waals surface area (Å²) in [7, 11) is 1.40. The molecule has 84 valence electrons. The molecule has 0 aliphatic carbocycles. The highest BCUT2D eigenvalue weighted by atomic mass is 32.1. The molecule has 1 atom stereocenters. The van der Waals surface area contributed by atoms with Crippen LogP contribution in [0, 0.1) is 6.92 Å². The molecule has 0 fully saturated rings. The van der Waals surface area contributed by atoms with E-state index in [2.05, 4.69) is 15.0 Å². The minimum absolute atomic E-state index is 0.125. The van der Waals surface area contributed by atoms with Gasteiger partial charge in [-0.1, -0.05) is 0 Å². The van der Waals surface area contributed by atoms with E-state index in [4.69, 9.17) is 0 Å². The van der Waals surface area contributed by atoms with Crippen LogP contribution in [0.25, 0.3) is 0 Å². The third kappa shape index (κ3) is 4.40. The van der Waals surface area contributed by atoms with Crippen LogP contribution >= 0.6 is 11.3 Å². The Morgan fingerprint density at radius 1 is 1.73 bits per heavy atom. The minimum Gasteiger partial charge on any atom is -0.469 e. The number of aromatic nitrogens is 1. The average molecular weight is 228 g/mol. The molecule has 4 nitrogen and oxygen atoms in total. The van der Waals surface area contributed by atoms with Gasteiger partial charge in [0.25, 0.3) is 0 Å². The SMILES string of the molecule is COC(=O)CC(C)NCc1cnc(C)s1. The van der Waals surface area contributed by atoms with Gasteiger partial charge in [-0.3, -0.25) is 4.79 Å². The molecule has 1 heterocycles.